The maximum absolute atomic E-state index is 13.4. The molecule has 0 bridgehead atoms. The van der Waals surface area contributed by atoms with E-state index in [-0.39, 0.29) is 17.4 Å². The van der Waals surface area contributed by atoms with E-state index in [1.165, 1.54) is 4.90 Å². The van der Waals surface area contributed by atoms with Gasteiger partial charge in [0.05, 0.1) is 11.4 Å². The Labute approximate surface area is 160 Å². The maximum atomic E-state index is 13.4. The van der Waals surface area contributed by atoms with Gasteiger partial charge >= 0.3 is 12.3 Å². The molecule has 0 saturated heterocycles. The molecule has 2 heterocycles. The van der Waals surface area contributed by atoms with Crippen LogP contribution < -0.4 is 10.6 Å². The van der Waals surface area contributed by atoms with Crippen LogP contribution in [0.5, 0.6) is 0 Å². The van der Waals surface area contributed by atoms with Gasteiger partial charge in [-0.2, -0.15) is 13.2 Å². The van der Waals surface area contributed by atoms with Crippen LogP contribution in [0, 0.1) is 0 Å². The minimum absolute atomic E-state index is 0.134. The van der Waals surface area contributed by atoms with Crippen molar-refractivity contribution in [3.8, 4) is 0 Å². The summed E-state index contributed by atoms with van der Waals surface area (Å²) in [7, 11) is 0. The number of rotatable bonds is 2. The Hall–Kier alpha value is -1.58. The number of carbonyl (C=O) groups is 1. The Balaban J connectivity index is 2.61. The Morgan fingerprint density at radius 3 is 2.41 bits per heavy atom. The van der Waals surface area contributed by atoms with Gasteiger partial charge in [0.1, 0.15) is 5.60 Å². The lowest BCUT2D eigenvalue weighted by molar-refractivity contribution is -0.263. The van der Waals surface area contributed by atoms with Crippen LogP contribution in [0.2, 0.25) is 5.15 Å². The van der Waals surface area contributed by atoms with Crippen molar-refractivity contribution >= 4 is 23.4 Å². The van der Waals surface area contributed by atoms with E-state index in [0.717, 1.165) is 6.07 Å². The number of aromatic nitrogens is 1. The Bertz CT molecular complexity index is 762. The Morgan fingerprint density at radius 2 is 1.96 bits per heavy atom. The van der Waals surface area contributed by atoms with E-state index < -0.39 is 41.1 Å². The fourth-order valence-corrected chi connectivity index (χ4v) is 3.18. The number of ether oxygens (including phenoxy) is 1. The van der Waals surface area contributed by atoms with E-state index in [2.05, 4.69) is 4.98 Å². The van der Waals surface area contributed by atoms with Crippen LogP contribution in [0.1, 0.15) is 45.9 Å². The standard InChI is InChI=1S/C17H23ClF3N3O3/c1-14(2,3)27-13(25)24-8-15(4,5)9-6-10(23-12(18)11(9)24)16(26,7-22)17(19,20)21/h6,26H,7-8,22H2,1-5H3. The molecule has 0 aliphatic carbocycles. The first-order valence-electron chi connectivity index (χ1n) is 8.25. The number of hydrogen-bond acceptors (Lipinski definition) is 5. The van der Waals surface area contributed by atoms with Crippen LogP contribution in [0.4, 0.5) is 23.7 Å². The number of anilines is 1. The fourth-order valence-electron chi connectivity index (χ4n) is 2.89. The van der Waals surface area contributed by atoms with Crippen LogP contribution in [-0.4, -0.2) is 41.1 Å². The summed E-state index contributed by atoms with van der Waals surface area (Å²) in [5, 5.41) is 9.77. The smallest absolute Gasteiger partial charge is 0.424 e. The highest BCUT2D eigenvalue weighted by Crippen LogP contribution is 2.47. The Kier molecular flexibility index (Phi) is 5.22. The molecule has 152 valence electrons. The third-order valence-corrected chi connectivity index (χ3v) is 4.57. The molecule has 3 N–H and O–H groups in total. The number of nitrogens with two attached hydrogens (primary N) is 1. The van der Waals surface area contributed by atoms with Crippen molar-refractivity contribution in [1.29, 1.82) is 0 Å². The van der Waals surface area contributed by atoms with Crippen molar-refractivity contribution in [3.05, 3.63) is 22.5 Å². The van der Waals surface area contributed by atoms with Crippen LogP contribution in [0.3, 0.4) is 0 Å². The predicted molar refractivity (Wildman–Crippen MR) is 94.9 cm³/mol. The van der Waals surface area contributed by atoms with Gasteiger partial charge in [0.25, 0.3) is 0 Å². The topological polar surface area (TPSA) is 88.7 Å². The average molecular weight is 410 g/mol. The molecule has 0 aromatic carbocycles. The van der Waals surface area contributed by atoms with Crippen molar-refractivity contribution in [2.24, 2.45) is 5.73 Å². The van der Waals surface area contributed by atoms with Gasteiger partial charge in [-0.15, -0.1) is 0 Å². The molecule has 6 nitrogen and oxygen atoms in total. The first kappa shape index (κ1) is 21.7. The van der Waals surface area contributed by atoms with Crippen molar-refractivity contribution in [1.82, 2.24) is 4.98 Å². The zero-order valence-electron chi connectivity index (χ0n) is 15.7. The van der Waals surface area contributed by atoms with E-state index in [4.69, 9.17) is 22.1 Å². The first-order chi connectivity index (χ1) is 12.0. The van der Waals surface area contributed by atoms with Crippen LogP contribution in [-0.2, 0) is 15.8 Å². The summed E-state index contributed by atoms with van der Waals surface area (Å²) in [6, 6.07) is 1.10. The van der Waals surface area contributed by atoms with Gasteiger partial charge in [-0.1, -0.05) is 25.4 Å². The molecule has 0 spiro atoms. The molecule has 1 aliphatic heterocycles. The van der Waals surface area contributed by atoms with Crippen LogP contribution in [0.15, 0.2) is 6.07 Å². The summed E-state index contributed by atoms with van der Waals surface area (Å²) in [5.74, 6) is 0. The molecule has 1 atom stereocenters. The average Bonchev–Trinajstić information content (AvgIpc) is 2.76. The second kappa shape index (κ2) is 6.49. The van der Waals surface area contributed by atoms with E-state index in [0.29, 0.717) is 5.56 Å². The van der Waals surface area contributed by atoms with Crippen LogP contribution >= 0.6 is 11.6 Å². The molecule has 0 radical (unpaired) electrons. The molecule has 1 aromatic heterocycles. The van der Waals surface area contributed by atoms with Gasteiger partial charge in [0.2, 0.25) is 5.60 Å². The van der Waals surface area contributed by atoms with E-state index in [1.54, 1.807) is 34.6 Å². The summed E-state index contributed by atoms with van der Waals surface area (Å²) in [4.78, 5) is 17.5. The summed E-state index contributed by atoms with van der Waals surface area (Å²) < 4.78 is 45.4. The minimum Gasteiger partial charge on any atom is -0.443 e. The second-order valence-corrected chi connectivity index (χ2v) is 8.57. The highest BCUT2D eigenvalue weighted by atomic mass is 35.5. The number of fused-ring (bicyclic) bond motifs is 1. The monoisotopic (exact) mass is 409 g/mol. The minimum atomic E-state index is -5.04. The number of nitrogens with zero attached hydrogens (tertiary/aromatic N) is 2. The predicted octanol–water partition coefficient (Wildman–Crippen LogP) is 3.48. The van der Waals surface area contributed by atoms with Gasteiger partial charge in [-0.3, -0.25) is 4.90 Å². The van der Waals surface area contributed by atoms with Gasteiger partial charge in [-0.25, -0.2) is 9.78 Å². The molecule has 10 heteroatoms. The molecule has 1 aromatic rings. The molecular weight excluding hydrogens is 387 g/mol. The lowest BCUT2D eigenvalue weighted by atomic mass is 9.85. The number of carbonyl (C=O) groups excluding carboxylic acids is 1. The third kappa shape index (κ3) is 3.86. The van der Waals surface area contributed by atoms with Gasteiger partial charge in [0.15, 0.2) is 5.15 Å². The summed E-state index contributed by atoms with van der Waals surface area (Å²) in [6.07, 6.45) is -5.73. The maximum Gasteiger partial charge on any atom is 0.424 e. The number of amides is 1. The number of pyridine rings is 1. The fraction of sp³-hybridized carbons (Fsp3) is 0.647. The van der Waals surface area contributed by atoms with Gasteiger partial charge in [-0.05, 0) is 32.4 Å². The summed E-state index contributed by atoms with van der Waals surface area (Å²) >= 11 is 6.15. The Morgan fingerprint density at radius 1 is 1.41 bits per heavy atom. The number of alkyl halides is 3. The van der Waals surface area contributed by atoms with E-state index in [1.807, 2.05) is 0 Å². The highest BCUT2D eigenvalue weighted by molar-refractivity contribution is 6.33. The quantitative estimate of drug-likeness (QED) is 0.730. The zero-order valence-corrected chi connectivity index (χ0v) is 16.5. The molecule has 1 amide bonds. The second-order valence-electron chi connectivity index (χ2n) is 8.21. The van der Waals surface area contributed by atoms with Crippen molar-refractivity contribution in [3.63, 3.8) is 0 Å². The largest absolute Gasteiger partial charge is 0.443 e. The molecule has 1 unspecified atom stereocenters. The number of hydrogen-bond donors (Lipinski definition) is 2. The third-order valence-electron chi connectivity index (χ3n) is 4.30. The SMILES string of the molecule is CC(C)(C)OC(=O)N1CC(C)(C)c2cc(C(O)(CN)C(F)(F)F)nc(Cl)c21. The summed E-state index contributed by atoms with van der Waals surface area (Å²) in [6.45, 7) is 7.59. The molecule has 1 aliphatic rings. The molecule has 0 fully saturated rings. The lowest BCUT2D eigenvalue weighted by Crippen LogP contribution is -2.49. The molecular formula is C17H23ClF3N3O3. The van der Waals surface area contributed by atoms with E-state index >= 15 is 0 Å². The molecule has 27 heavy (non-hydrogen) atoms. The van der Waals surface area contributed by atoms with Crippen LogP contribution in [0.25, 0.3) is 0 Å². The lowest BCUT2D eigenvalue weighted by Gasteiger charge is -2.30. The number of halogens is 4. The van der Waals surface area contributed by atoms with Crippen molar-refractivity contribution in [2.45, 2.75) is 57.4 Å². The van der Waals surface area contributed by atoms with Gasteiger partial charge in [0, 0.05) is 18.5 Å². The first-order valence-corrected chi connectivity index (χ1v) is 8.62. The highest BCUT2D eigenvalue weighted by Gasteiger charge is 2.56. The number of aliphatic hydroxyl groups is 1. The zero-order chi connectivity index (χ0) is 21.0. The van der Waals surface area contributed by atoms with Crippen molar-refractivity contribution in [2.75, 3.05) is 18.0 Å². The summed E-state index contributed by atoms with van der Waals surface area (Å²) in [5.41, 5.74) is 0.150. The van der Waals surface area contributed by atoms with Crippen molar-refractivity contribution < 1.29 is 27.8 Å². The van der Waals surface area contributed by atoms with E-state index in [9.17, 15) is 23.1 Å². The molecule has 0 saturated carbocycles. The van der Waals surface area contributed by atoms with Gasteiger partial charge < -0.3 is 15.6 Å². The molecule has 2 rings (SSSR count). The normalized spacial score (nSPS) is 18.9.